The summed E-state index contributed by atoms with van der Waals surface area (Å²) in [5, 5.41) is 3.03. The van der Waals surface area contributed by atoms with E-state index in [0.29, 0.717) is 24.4 Å². The van der Waals surface area contributed by atoms with Crippen LogP contribution in [0.4, 0.5) is 0 Å². The van der Waals surface area contributed by atoms with Crippen molar-refractivity contribution in [1.29, 1.82) is 0 Å². The first kappa shape index (κ1) is 15.7. The Kier molecular flexibility index (Phi) is 4.76. The van der Waals surface area contributed by atoms with Gasteiger partial charge in [-0.2, -0.15) is 0 Å². The molecular formula is C16H18N2O4S. The molecule has 3 rings (SSSR count). The van der Waals surface area contributed by atoms with Crippen LogP contribution < -0.4 is 0 Å². The third-order valence-electron chi connectivity index (χ3n) is 4.02. The van der Waals surface area contributed by atoms with Crippen LogP contribution in [0.2, 0.25) is 0 Å². The van der Waals surface area contributed by atoms with Gasteiger partial charge in [-0.3, -0.25) is 9.59 Å². The Morgan fingerprint density at radius 3 is 3.13 bits per heavy atom. The zero-order valence-electron chi connectivity index (χ0n) is 12.9. The number of thiazole rings is 1. The highest BCUT2D eigenvalue weighted by molar-refractivity contribution is 7.09. The molecule has 1 fully saturated rings. The van der Waals surface area contributed by atoms with E-state index in [1.54, 1.807) is 23.6 Å². The summed E-state index contributed by atoms with van der Waals surface area (Å²) < 4.78 is 9.93. The fraction of sp³-hybridized carbons (Fsp3) is 0.438. The quantitative estimate of drug-likeness (QED) is 0.803. The molecule has 3 heterocycles. The number of nitrogens with zero attached hydrogens (tertiary/aromatic N) is 2. The van der Waals surface area contributed by atoms with Crippen LogP contribution in [0.1, 0.15) is 39.9 Å². The van der Waals surface area contributed by atoms with Crippen molar-refractivity contribution in [2.24, 2.45) is 0 Å². The van der Waals surface area contributed by atoms with Crippen LogP contribution in [0.5, 0.6) is 0 Å². The summed E-state index contributed by atoms with van der Waals surface area (Å²) in [6, 6.07) is 1.62. The Morgan fingerprint density at radius 1 is 1.52 bits per heavy atom. The van der Waals surface area contributed by atoms with Gasteiger partial charge in [0.1, 0.15) is 12.2 Å². The molecule has 7 heteroatoms. The summed E-state index contributed by atoms with van der Waals surface area (Å²) in [7, 11) is 1.32. The number of ether oxygens (including phenoxy) is 1. The van der Waals surface area contributed by atoms with Crippen LogP contribution in [0.25, 0.3) is 0 Å². The second-order valence-corrected chi connectivity index (χ2v) is 6.40. The summed E-state index contributed by atoms with van der Waals surface area (Å²) in [5.74, 6) is 0.120. The van der Waals surface area contributed by atoms with Gasteiger partial charge in [-0.05, 0) is 18.9 Å². The van der Waals surface area contributed by atoms with Crippen molar-refractivity contribution < 1.29 is 18.7 Å². The van der Waals surface area contributed by atoms with Crippen LogP contribution in [0.15, 0.2) is 28.3 Å². The fourth-order valence-corrected chi connectivity index (χ4v) is 3.61. The van der Waals surface area contributed by atoms with Crippen molar-refractivity contribution in [3.8, 4) is 0 Å². The average Bonchev–Trinajstić information content (AvgIpc) is 3.26. The van der Waals surface area contributed by atoms with Gasteiger partial charge in [-0.15, -0.1) is 11.3 Å². The van der Waals surface area contributed by atoms with Crippen molar-refractivity contribution in [2.45, 2.75) is 25.2 Å². The van der Waals surface area contributed by atoms with Gasteiger partial charge >= 0.3 is 5.97 Å². The third-order valence-corrected chi connectivity index (χ3v) is 4.96. The van der Waals surface area contributed by atoms with Crippen molar-refractivity contribution in [3.05, 3.63) is 40.2 Å². The van der Waals surface area contributed by atoms with Crippen LogP contribution in [-0.4, -0.2) is 42.0 Å². The standard InChI is InChI=1S/C16H18N2O4S/c1-21-14(19)9-13-12(4-7-22-13)16(20)18-6-2-3-11(10-18)15-17-5-8-23-15/h4-5,7-8,11H,2-3,6,9-10H2,1H3/t11-/m1/s1. The first-order valence-corrected chi connectivity index (χ1v) is 8.39. The van der Waals surface area contributed by atoms with E-state index in [0.717, 1.165) is 17.8 Å². The number of esters is 1. The molecule has 2 aromatic rings. The van der Waals surface area contributed by atoms with Crippen molar-refractivity contribution >= 4 is 23.2 Å². The van der Waals surface area contributed by atoms with Gasteiger partial charge in [0.15, 0.2) is 0 Å². The molecule has 0 bridgehead atoms. The maximum atomic E-state index is 12.8. The number of hydrogen-bond donors (Lipinski definition) is 0. The maximum absolute atomic E-state index is 12.8. The van der Waals surface area contributed by atoms with Gasteiger partial charge in [0.2, 0.25) is 0 Å². The van der Waals surface area contributed by atoms with E-state index in [-0.39, 0.29) is 18.2 Å². The van der Waals surface area contributed by atoms with Gasteiger partial charge < -0.3 is 14.1 Å². The molecule has 0 aromatic carbocycles. The molecule has 0 unspecified atom stereocenters. The zero-order valence-corrected chi connectivity index (χ0v) is 13.7. The lowest BCUT2D eigenvalue weighted by Gasteiger charge is -2.31. The van der Waals surface area contributed by atoms with Crippen molar-refractivity contribution in [3.63, 3.8) is 0 Å². The number of rotatable bonds is 4. The lowest BCUT2D eigenvalue weighted by atomic mass is 9.98. The number of piperidine rings is 1. The Hall–Kier alpha value is -2.15. The van der Waals surface area contributed by atoms with E-state index in [9.17, 15) is 9.59 Å². The molecule has 1 aliphatic rings. The number of carbonyl (C=O) groups is 2. The van der Waals surface area contributed by atoms with Gasteiger partial charge in [0.25, 0.3) is 5.91 Å². The monoisotopic (exact) mass is 334 g/mol. The number of aromatic nitrogens is 1. The molecule has 0 radical (unpaired) electrons. The molecule has 0 aliphatic carbocycles. The van der Waals surface area contributed by atoms with Crippen molar-refractivity contribution in [1.82, 2.24) is 9.88 Å². The molecular weight excluding hydrogens is 316 g/mol. The lowest BCUT2D eigenvalue weighted by Crippen LogP contribution is -2.39. The molecule has 122 valence electrons. The van der Waals surface area contributed by atoms with E-state index in [2.05, 4.69) is 9.72 Å². The van der Waals surface area contributed by atoms with E-state index < -0.39 is 5.97 Å². The highest BCUT2D eigenvalue weighted by Crippen LogP contribution is 2.29. The number of furan rings is 1. The number of methoxy groups -OCH3 is 1. The van der Waals surface area contributed by atoms with Crippen LogP contribution in [0, 0.1) is 0 Å². The average molecular weight is 334 g/mol. The highest BCUT2D eigenvalue weighted by Gasteiger charge is 2.29. The molecule has 6 nitrogen and oxygen atoms in total. The molecule has 2 aromatic heterocycles. The van der Waals surface area contributed by atoms with Crippen molar-refractivity contribution in [2.75, 3.05) is 20.2 Å². The topological polar surface area (TPSA) is 72.6 Å². The molecule has 1 atom stereocenters. The van der Waals surface area contributed by atoms with Crippen LogP contribution in [-0.2, 0) is 16.0 Å². The predicted octanol–water partition coefficient (Wildman–Crippen LogP) is 2.47. The van der Waals surface area contributed by atoms with E-state index >= 15 is 0 Å². The molecule has 1 amide bonds. The van der Waals surface area contributed by atoms with E-state index in [1.807, 2.05) is 10.3 Å². The minimum atomic E-state index is -0.423. The summed E-state index contributed by atoms with van der Waals surface area (Å²) in [6.45, 7) is 1.36. The normalized spacial score (nSPS) is 18.0. The first-order valence-electron chi connectivity index (χ1n) is 7.51. The molecule has 1 aliphatic heterocycles. The molecule has 0 saturated carbocycles. The van der Waals surface area contributed by atoms with Crippen LogP contribution >= 0.6 is 11.3 Å². The Balaban J connectivity index is 1.73. The highest BCUT2D eigenvalue weighted by atomic mass is 32.1. The van der Waals surface area contributed by atoms with E-state index in [1.165, 1.54) is 13.4 Å². The minimum absolute atomic E-state index is 0.0334. The van der Waals surface area contributed by atoms with Gasteiger partial charge in [0.05, 0.1) is 23.9 Å². The summed E-state index contributed by atoms with van der Waals surface area (Å²) in [4.78, 5) is 30.4. The smallest absolute Gasteiger partial charge is 0.313 e. The summed E-state index contributed by atoms with van der Waals surface area (Å²) in [5.41, 5.74) is 0.440. The zero-order chi connectivity index (χ0) is 16.2. The molecule has 1 saturated heterocycles. The number of carbonyl (C=O) groups excluding carboxylic acids is 2. The summed E-state index contributed by atoms with van der Waals surface area (Å²) >= 11 is 1.63. The number of hydrogen-bond acceptors (Lipinski definition) is 6. The second kappa shape index (κ2) is 6.95. The van der Waals surface area contributed by atoms with Gasteiger partial charge in [-0.1, -0.05) is 0 Å². The van der Waals surface area contributed by atoms with Gasteiger partial charge in [-0.25, -0.2) is 4.98 Å². The predicted molar refractivity (Wildman–Crippen MR) is 84.4 cm³/mol. The van der Waals surface area contributed by atoms with Gasteiger partial charge in [0, 0.05) is 30.6 Å². The minimum Gasteiger partial charge on any atom is -0.469 e. The fourth-order valence-electron chi connectivity index (χ4n) is 2.84. The largest absolute Gasteiger partial charge is 0.469 e. The van der Waals surface area contributed by atoms with E-state index in [4.69, 9.17) is 4.42 Å². The number of likely N-dealkylation sites (tertiary alicyclic amines) is 1. The van der Waals surface area contributed by atoms with Crippen LogP contribution in [0.3, 0.4) is 0 Å². The Morgan fingerprint density at radius 2 is 2.39 bits per heavy atom. The lowest BCUT2D eigenvalue weighted by molar-refractivity contribution is -0.140. The molecule has 0 spiro atoms. The summed E-state index contributed by atoms with van der Waals surface area (Å²) in [6.07, 6.45) is 5.19. The maximum Gasteiger partial charge on any atom is 0.313 e. The Bertz CT molecular complexity index is 680. The number of amides is 1. The third kappa shape index (κ3) is 3.44. The second-order valence-electron chi connectivity index (χ2n) is 5.47. The Labute approximate surface area is 138 Å². The molecule has 23 heavy (non-hydrogen) atoms. The molecule has 0 N–H and O–H groups in total. The SMILES string of the molecule is COC(=O)Cc1occc1C(=O)N1CCC[C@@H](c2nccs2)C1. The first-order chi connectivity index (χ1) is 11.2.